The molecular formula is C18H23NO5S2. The second-order valence-corrected chi connectivity index (χ2v) is 9.39. The average Bonchev–Trinajstić information content (AvgIpc) is 2.58. The molecule has 0 heterocycles. The van der Waals surface area contributed by atoms with Gasteiger partial charge in [0.2, 0.25) is 10.0 Å². The zero-order valence-corrected chi connectivity index (χ0v) is 16.4. The molecule has 0 radical (unpaired) electrons. The van der Waals surface area contributed by atoms with Crippen molar-refractivity contribution in [2.45, 2.75) is 36.5 Å². The van der Waals surface area contributed by atoms with Gasteiger partial charge < -0.3 is 0 Å². The Hall–Kier alpha value is -1.74. The second-order valence-electron chi connectivity index (χ2n) is 6.01. The highest BCUT2D eigenvalue weighted by molar-refractivity contribution is 7.89. The van der Waals surface area contributed by atoms with E-state index in [1.165, 1.54) is 12.1 Å². The molecule has 142 valence electrons. The van der Waals surface area contributed by atoms with Gasteiger partial charge in [-0.1, -0.05) is 35.4 Å². The molecule has 6 nitrogen and oxygen atoms in total. The first kappa shape index (κ1) is 20.6. The fraction of sp³-hybridized carbons (Fsp3) is 0.333. The lowest BCUT2D eigenvalue weighted by Gasteiger charge is -2.08. The molecule has 0 spiro atoms. The number of sulfonamides is 1. The summed E-state index contributed by atoms with van der Waals surface area (Å²) in [4.78, 5) is 0.324. The van der Waals surface area contributed by atoms with Crippen LogP contribution in [0.5, 0.6) is 0 Å². The minimum Gasteiger partial charge on any atom is -0.266 e. The predicted molar refractivity (Wildman–Crippen MR) is 99.9 cm³/mol. The molecule has 26 heavy (non-hydrogen) atoms. The molecule has 0 atom stereocenters. The monoisotopic (exact) mass is 397 g/mol. The lowest BCUT2D eigenvalue weighted by Crippen LogP contribution is -2.25. The van der Waals surface area contributed by atoms with Gasteiger partial charge >= 0.3 is 0 Å². The molecule has 0 bridgehead atoms. The number of hydrogen-bond donors (Lipinski definition) is 1. The SMILES string of the molecule is Cc1ccc(S(=O)(=O)NCCCCOS(=O)(=O)c2ccc(C)cc2)cc1. The summed E-state index contributed by atoms with van der Waals surface area (Å²) >= 11 is 0. The molecule has 0 aliphatic heterocycles. The Kier molecular flexibility index (Phi) is 6.94. The van der Waals surface area contributed by atoms with Crippen LogP contribution in [-0.2, 0) is 24.3 Å². The molecule has 0 amide bonds. The fourth-order valence-electron chi connectivity index (χ4n) is 2.18. The van der Waals surface area contributed by atoms with Crippen molar-refractivity contribution < 1.29 is 21.0 Å². The first-order valence-corrected chi connectivity index (χ1v) is 11.1. The number of aryl methyl sites for hydroxylation is 2. The molecule has 0 aromatic heterocycles. The molecule has 0 aliphatic rings. The minimum absolute atomic E-state index is 0.00245. The summed E-state index contributed by atoms with van der Waals surface area (Å²) in [6, 6.07) is 13.0. The first-order valence-electron chi connectivity index (χ1n) is 8.23. The normalized spacial score (nSPS) is 12.2. The molecule has 0 aliphatic carbocycles. The van der Waals surface area contributed by atoms with Crippen molar-refractivity contribution in [3.63, 3.8) is 0 Å². The molecule has 0 saturated carbocycles. The topological polar surface area (TPSA) is 89.5 Å². The van der Waals surface area contributed by atoms with E-state index in [-0.39, 0.29) is 22.9 Å². The maximum atomic E-state index is 12.1. The van der Waals surface area contributed by atoms with Gasteiger partial charge in [0.05, 0.1) is 16.4 Å². The van der Waals surface area contributed by atoms with Gasteiger partial charge in [-0.3, -0.25) is 4.18 Å². The third-order valence-electron chi connectivity index (χ3n) is 3.74. The highest BCUT2D eigenvalue weighted by atomic mass is 32.2. The van der Waals surface area contributed by atoms with Gasteiger partial charge in [0.1, 0.15) is 0 Å². The van der Waals surface area contributed by atoms with Gasteiger partial charge in [-0.25, -0.2) is 13.1 Å². The molecule has 0 fully saturated rings. The summed E-state index contributed by atoms with van der Waals surface area (Å²) in [5.74, 6) is 0. The van der Waals surface area contributed by atoms with Crippen LogP contribution in [0, 0.1) is 13.8 Å². The van der Waals surface area contributed by atoms with Gasteiger partial charge in [0, 0.05) is 6.54 Å². The van der Waals surface area contributed by atoms with Gasteiger partial charge in [-0.05, 0) is 51.0 Å². The van der Waals surface area contributed by atoms with Crippen molar-refractivity contribution in [3.8, 4) is 0 Å². The van der Waals surface area contributed by atoms with Crippen LogP contribution in [0.2, 0.25) is 0 Å². The van der Waals surface area contributed by atoms with Crippen molar-refractivity contribution in [2.75, 3.05) is 13.2 Å². The molecule has 1 N–H and O–H groups in total. The Morgan fingerprint density at radius 1 is 0.769 bits per heavy atom. The van der Waals surface area contributed by atoms with Crippen molar-refractivity contribution in [3.05, 3.63) is 59.7 Å². The summed E-state index contributed by atoms with van der Waals surface area (Å²) in [6.07, 6.45) is 0.885. The Bertz CT molecular complexity index is 839. The summed E-state index contributed by atoms with van der Waals surface area (Å²) in [5, 5.41) is 0. The van der Waals surface area contributed by atoms with E-state index >= 15 is 0 Å². The maximum Gasteiger partial charge on any atom is 0.296 e. The second kappa shape index (κ2) is 8.77. The average molecular weight is 398 g/mol. The summed E-state index contributed by atoms with van der Waals surface area (Å²) in [6.45, 7) is 3.97. The maximum absolute atomic E-state index is 12.1. The quantitative estimate of drug-likeness (QED) is 0.519. The standard InChI is InChI=1S/C18H23NO5S2/c1-15-5-9-17(10-6-15)25(20,21)19-13-3-4-14-24-26(22,23)18-11-7-16(2)8-12-18/h5-12,19H,3-4,13-14H2,1-2H3. The fourth-order valence-corrected chi connectivity index (χ4v) is 4.19. The van der Waals surface area contributed by atoms with E-state index in [1.807, 2.05) is 13.8 Å². The number of unbranched alkanes of at least 4 members (excludes halogenated alkanes) is 1. The Balaban J connectivity index is 1.75. The smallest absolute Gasteiger partial charge is 0.266 e. The Morgan fingerprint density at radius 2 is 1.27 bits per heavy atom. The van der Waals surface area contributed by atoms with E-state index < -0.39 is 20.1 Å². The van der Waals surface area contributed by atoms with Gasteiger partial charge in [0.25, 0.3) is 10.1 Å². The highest BCUT2D eigenvalue weighted by Gasteiger charge is 2.15. The molecule has 0 saturated heterocycles. The Labute approximate surface area is 155 Å². The summed E-state index contributed by atoms with van der Waals surface area (Å²) in [7, 11) is -7.33. The van der Waals surface area contributed by atoms with Crippen molar-refractivity contribution in [1.82, 2.24) is 4.72 Å². The van der Waals surface area contributed by atoms with E-state index in [0.717, 1.165) is 11.1 Å². The summed E-state index contributed by atoms with van der Waals surface area (Å²) < 4.78 is 55.7. The largest absolute Gasteiger partial charge is 0.296 e. The first-order chi connectivity index (χ1) is 12.2. The molecular weight excluding hydrogens is 374 g/mol. The van der Waals surface area contributed by atoms with E-state index in [4.69, 9.17) is 4.18 Å². The Morgan fingerprint density at radius 3 is 1.81 bits per heavy atom. The lowest BCUT2D eigenvalue weighted by molar-refractivity contribution is 0.308. The molecule has 0 unspecified atom stereocenters. The zero-order valence-electron chi connectivity index (χ0n) is 14.8. The highest BCUT2D eigenvalue weighted by Crippen LogP contribution is 2.14. The van der Waals surface area contributed by atoms with E-state index in [1.54, 1.807) is 36.4 Å². The van der Waals surface area contributed by atoms with Crippen molar-refractivity contribution in [1.29, 1.82) is 0 Å². The third kappa shape index (κ3) is 5.91. The van der Waals surface area contributed by atoms with Crippen LogP contribution in [0.3, 0.4) is 0 Å². The van der Waals surface area contributed by atoms with Gasteiger partial charge in [-0.2, -0.15) is 8.42 Å². The van der Waals surface area contributed by atoms with E-state index in [9.17, 15) is 16.8 Å². The lowest BCUT2D eigenvalue weighted by atomic mass is 10.2. The van der Waals surface area contributed by atoms with Crippen molar-refractivity contribution >= 4 is 20.1 Å². The summed E-state index contributed by atoms with van der Waals surface area (Å²) in [5.41, 5.74) is 1.95. The molecule has 2 aromatic rings. The third-order valence-corrected chi connectivity index (χ3v) is 6.55. The van der Waals surface area contributed by atoms with Crippen LogP contribution in [0.15, 0.2) is 58.3 Å². The van der Waals surface area contributed by atoms with Crippen molar-refractivity contribution in [2.24, 2.45) is 0 Å². The van der Waals surface area contributed by atoms with Crippen LogP contribution < -0.4 is 4.72 Å². The molecule has 2 rings (SSSR count). The van der Waals surface area contributed by atoms with E-state index in [2.05, 4.69) is 4.72 Å². The molecule has 8 heteroatoms. The predicted octanol–water partition coefficient (Wildman–Crippen LogP) is 2.77. The van der Waals surface area contributed by atoms with Crippen LogP contribution in [0.25, 0.3) is 0 Å². The van der Waals surface area contributed by atoms with Crippen LogP contribution in [-0.4, -0.2) is 30.0 Å². The number of rotatable bonds is 9. The van der Waals surface area contributed by atoms with E-state index in [0.29, 0.717) is 12.8 Å². The molecule has 2 aromatic carbocycles. The van der Waals surface area contributed by atoms with Gasteiger partial charge in [-0.15, -0.1) is 0 Å². The minimum atomic E-state index is -3.78. The number of benzene rings is 2. The number of hydrogen-bond acceptors (Lipinski definition) is 5. The zero-order chi connectivity index (χ0) is 19.2. The van der Waals surface area contributed by atoms with Gasteiger partial charge in [0.15, 0.2) is 0 Å². The van der Waals surface area contributed by atoms with Crippen LogP contribution in [0.1, 0.15) is 24.0 Å². The van der Waals surface area contributed by atoms with Crippen LogP contribution in [0.4, 0.5) is 0 Å². The van der Waals surface area contributed by atoms with Crippen LogP contribution >= 0.6 is 0 Å². The number of nitrogens with one attached hydrogen (secondary N) is 1.